The van der Waals surface area contributed by atoms with Crippen LogP contribution in [-0.2, 0) is 16.1 Å². The van der Waals surface area contributed by atoms with Gasteiger partial charge < -0.3 is 9.84 Å². The summed E-state index contributed by atoms with van der Waals surface area (Å²) >= 11 is 0. The van der Waals surface area contributed by atoms with E-state index in [9.17, 15) is 22.8 Å². The van der Waals surface area contributed by atoms with Gasteiger partial charge in [0, 0.05) is 6.42 Å². The molecule has 0 unspecified atom stereocenters. The number of halogens is 3. The van der Waals surface area contributed by atoms with Crippen LogP contribution in [0.3, 0.4) is 0 Å². The van der Waals surface area contributed by atoms with Crippen LogP contribution < -0.4 is 5.32 Å². The van der Waals surface area contributed by atoms with Crippen molar-refractivity contribution in [3.63, 3.8) is 0 Å². The summed E-state index contributed by atoms with van der Waals surface area (Å²) in [6.45, 7) is -0.0812. The first-order valence-corrected chi connectivity index (χ1v) is 6.26. The van der Waals surface area contributed by atoms with Crippen LogP contribution in [0, 0.1) is 0 Å². The van der Waals surface area contributed by atoms with Crippen LogP contribution in [0.4, 0.5) is 18.0 Å². The molecular formula is C14H14F3NO4. The molecule has 0 saturated heterocycles. The van der Waals surface area contributed by atoms with Gasteiger partial charge in [-0.1, -0.05) is 36.4 Å². The summed E-state index contributed by atoms with van der Waals surface area (Å²) in [7, 11) is 0. The van der Waals surface area contributed by atoms with Crippen molar-refractivity contribution in [1.29, 1.82) is 0 Å². The number of amides is 1. The molecule has 0 aliphatic carbocycles. The van der Waals surface area contributed by atoms with E-state index in [0.717, 1.165) is 6.08 Å². The highest BCUT2D eigenvalue weighted by atomic mass is 19.4. The smallest absolute Gasteiger partial charge is 0.412 e. The molecule has 0 bridgehead atoms. The molecule has 1 aromatic rings. The minimum atomic E-state index is -4.39. The SMILES string of the molecule is O=C(NC(=CCCC(F)(F)F)C(=O)O)OCc1ccccc1. The van der Waals surface area contributed by atoms with E-state index >= 15 is 0 Å². The fourth-order valence-electron chi connectivity index (χ4n) is 1.44. The lowest BCUT2D eigenvalue weighted by Crippen LogP contribution is -2.28. The Kier molecular flexibility index (Phi) is 6.43. The molecule has 22 heavy (non-hydrogen) atoms. The standard InChI is InChI=1S/C14H14F3NO4/c15-14(16,17)8-4-7-11(12(19)20)18-13(21)22-9-10-5-2-1-3-6-10/h1-3,5-7H,4,8-9H2,(H,18,21)(H,19,20). The van der Waals surface area contributed by atoms with E-state index in [1.165, 1.54) is 0 Å². The van der Waals surface area contributed by atoms with E-state index in [4.69, 9.17) is 9.84 Å². The fourth-order valence-corrected chi connectivity index (χ4v) is 1.44. The second kappa shape index (κ2) is 8.06. The van der Waals surface area contributed by atoms with Crippen molar-refractivity contribution >= 4 is 12.1 Å². The average molecular weight is 317 g/mol. The fraction of sp³-hybridized carbons (Fsp3) is 0.286. The van der Waals surface area contributed by atoms with E-state index in [2.05, 4.69) is 0 Å². The molecule has 0 fully saturated rings. The van der Waals surface area contributed by atoms with Gasteiger partial charge in [0.05, 0.1) is 0 Å². The third-order valence-electron chi connectivity index (χ3n) is 2.46. The van der Waals surface area contributed by atoms with E-state index in [-0.39, 0.29) is 6.61 Å². The summed E-state index contributed by atoms with van der Waals surface area (Å²) in [5.74, 6) is -1.54. The molecule has 0 aromatic heterocycles. The van der Waals surface area contributed by atoms with E-state index in [1.54, 1.807) is 30.3 Å². The molecule has 0 spiro atoms. The Labute approximate surface area is 124 Å². The summed E-state index contributed by atoms with van der Waals surface area (Å²) in [5.41, 5.74) is 0.0397. The van der Waals surface area contributed by atoms with Gasteiger partial charge in [0.2, 0.25) is 0 Å². The number of benzene rings is 1. The Bertz CT molecular complexity index is 541. The molecule has 0 radical (unpaired) electrons. The first-order valence-electron chi connectivity index (χ1n) is 6.26. The van der Waals surface area contributed by atoms with Gasteiger partial charge in [0.25, 0.3) is 0 Å². The number of carboxylic acids is 1. The molecule has 120 valence electrons. The molecule has 1 amide bonds. The molecule has 0 aliphatic heterocycles. The van der Waals surface area contributed by atoms with Gasteiger partial charge in [-0.15, -0.1) is 0 Å². The molecule has 0 aliphatic rings. The van der Waals surface area contributed by atoms with Crippen LogP contribution in [0.5, 0.6) is 0 Å². The molecule has 5 nitrogen and oxygen atoms in total. The van der Waals surface area contributed by atoms with Crippen molar-refractivity contribution in [2.24, 2.45) is 0 Å². The Morgan fingerprint density at radius 1 is 1.23 bits per heavy atom. The van der Waals surface area contributed by atoms with Crippen molar-refractivity contribution < 1.29 is 32.6 Å². The highest BCUT2D eigenvalue weighted by Gasteiger charge is 2.26. The van der Waals surface area contributed by atoms with Gasteiger partial charge >= 0.3 is 18.2 Å². The highest BCUT2D eigenvalue weighted by Crippen LogP contribution is 2.21. The number of carbonyl (C=O) groups is 2. The predicted octanol–water partition coefficient (Wildman–Crippen LogP) is 3.22. The maximum Gasteiger partial charge on any atom is 0.412 e. The van der Waals surface area contributed by atoms with Crippen molar-refractivity contribution in [2.45, 2.75) is 25.6 Å². The number of carbonyl (C=O) groups excluding carboxylic acids is 1. The minimum Gasteiger partial charge on any atom is -0.477 e. The minimum absolute atomic E-state index is 0.0812. The Morgan fingerprint density at radius 3 is 2.41 bits per heavy atom. The number of hydrogen-bond donors (Lipinski definition) is 2. The van der Waals surface area contributed by atoms with Gasteiger partial charge in [-0.05, 0) is 12.0 Å². The maximum atomic E-state index is 12.0. The lowest BCUT2D eigenvalue weighted by Gasteiger charge is -2.08. The van der Waals surface area contributed by atoms with Crippen molar-refractivity contribution in [3.8, 4) is 0 Å². The van der Waals surface area contributed by atoms with Gasteiger partial charge in [-0.2, -0.15) is 13.2 Å². The van der Waals surface area contributed by atoms with Crippen LogP contribution in [0.1, 0.15) is 18.4 Å². The van der Waals surface area contributed by atoms with Crippen molar-refractivity contribution in [3.05, 3.63) is 47.7 Å². The number of aliphatic carboxylic acids is 1. The normalized spacial score (nSPS) is 11.9. The second-order valence-corrected chi connectivity index (χ2v) is 4.26. The third-order valence-corrected chi connectivity index (χ3v) is 2.46. The Morgan fingerprint density at radius 2 is 1.86 bits per heavy atom. The van der Waals surface area contributed by atoms with Crippen molar-refractivity contribution in [2.75, 3.05) is 0 Å². The quantitative estimate of drug-likeness (QED) is 0.790. The predicted molar refractivity (Wildman–Crippen MR) is 70.8 cm³/mol. The van der Waals surface area contributed by atoms with E-state index in [1.807, 2.05) is 5.32 Å². The largest absolute Gasteiger partial charge is 0.477 e. The first-order chi connectivity index (χ1) is 10.3. The molecule has 0 saturated carbocycles. The van der Waals surface area contributed by atoms with Gasteiger partial charge in [0.15, 0.2) is 0 Å². The number of allylic oxidation sites excluding steroid dienone is 1. The third kappa shape index (κ3) is 7.32. The molecule has 8 heteroatoms. The summed E-state index contributed by atoms with van der Waals surface area (Å²) in [4.78, 5) is 22.3. The van der Waals surface area contributed by atoms with Crippen LogP contribution in [0.2, 0.25) is 0 Å². The maximum absolute atomic E-state index is 12.0. The van der Waals surface area contributed by atoms with Crippen LogP contribution in [-0.4, -0.2) is 23.3 Å². The molecule has 0 atom stereocenters. The average Bonchev–Trinajstić information content (AvgIpc) is 2.43. The van der Waals surface area contributed by atoms with Crippen LogP contribution >= 0.6 is 0 Å². The van der Waals surface area contributed by atoms with Gasteiger partial charge in [-0.25, -0.2) is 9.59 Å². The summed E-state index contributed by atoms with van der Waals surface area (Å²) in [6, 6.07) is 8.64. The molecule has 1 aromatic carbocycles. The Hall–Kier alpha value is -2.51. The second-order valence-electron chi connectivity index (χ2n) is 4.26. The number of nitrogens with one attached hydrogen (secondary N) is 1. The molecule has 2 N–H and O–H groups in total. The monoisotopic (exact) mass is 317 g/mol. The molecular weight excluding hydrogens is 303 g/mol. The highest BCUT2D eigenvalue weighted by molar-refractivity contribution is 5.90. The van der Waals surface area contributed by atoms with E-state index in [0.29, 0.717) is 5.56 Å². The van der Waals surface area contributed by atoms with Crippen LogP contribution in [0.15, 0.2) is 42.1 Å². The Balaban J connectivity index is 2.50. The summed E-state index contributed by atoms with van der Waals surface area (Å²) in [5, 5.41) is 10.7. The zero-order valence-electron chi connectivity index (χ0n) is 11.4. The lowest BCUT2D eigenvalue weighted by atomic mass is 10.2. The zero-order chi connectivity index (χ0) is 16.6. The van der Waals surface area contributed by atoms with Crippen molar-refractivity contribution in [1.82, 2.24) is 5.32 Å². The zero-order valence-corrected chi connectivity index (χ0v) is 11.4. The number of ether oxygens (including phenoxy) is 1. The number of alkyl carbamates (subject to hydrolysis) is 1. The van der Waals surface area contributed by atoms with E-state index < -0.39 is 36.8 Å². The number of hydrogen-bond acceptors (Lipinski definition) is 3. The number of alkyl halides is 3. The van der Waals surface area contributed by atoms with Gasteiger partial charge in [-0.3, -0.25) is 5.32 Å². The summed E-state index contributed by atoms with van der Waals surface area (Å²) < 4.78 is 40.7. The number of rotatable bonds is 6. The first kappa shape index (κ1) is 17.5. The van der Waals surface area contributed by atoms with Gasteiger partial charge in [0.1, 0.15) is 12.3 Å². The number of carboxylic acid groups (broad SMARTS) is 1. The molecule has 1 rings (SSSR count). The molecule has 0 heterocycles. The topological polar surface area (TPSA) is 75.6 Å². The lowest BCUT2D eigenvalue weighted by molar-refractivity contribution is -0.135. The summed E-state index contributed by atoms with van der Waals surface area (Å²) in [6.07, 6.45) is -6.38. The van der Waals surface area contributed by atoms with Crippen LogP contribution in [0.25, 0.3) is 0 Å².